The number of nitrogens with zero attached hydrogens (tertiary/aromatic N) is 3. The molecule has 0 saturated heterocycles. The summed E-state index contributed by atoms with van der Waals surface area (Å²) in [5, 5.41) is 9.28. The minimum Gasteiger partial charge on any atom is -0.476 e. The molecule has 1 N–H and O–H groups in total. The molecule has 0 bridgehead atoms. The predicted molar refractivity (Wildman–Crippen MR) is 96.8 cm³/mol. The summed E-state index contributed by atoms with van der Waals surface area (Å²) in [7, 11) is 0. The number of aromatic carboxylic acids is 1. The van der Waals surface area contributed by atoms with Crippen molar-refractivity contribution in [1.29, 1.82) is 0 Å². The fraction of sp³-hybridized carbons (Fsp3) is 0.105. The van der Waals surface area contributed by atoms with Gasteiger partial charge >= 0.3 is 5.97 Å². The smallest absolute Gasteiger partial charge is 0.356 e. The van der Waals surface area contributed by atoms with E-state index in [9.17, 15) is 9.90 Å². The molecule has 6 heteroatoms. The van der Waals surface area contributed by atoms with Gasteiger partial charge in [0.1, 0.15) is 0 Å². The molecular weight excluding hydrogens is 338 g/mol. The number of rotatable bonds is 6. The fourth-order valence-corrected chi connectivity index (χ4v) is 2.64. The van der Waals surface area contributed by atoms with Crippen molar-refractivity contribution in [3.8, 4) is 0 Å². The van der Waals surface area contributed by atoms with Gasteiger partial charge in [0.25, 0.3) is 0 Å². The second-order valence-corrected chi connectivity index (χ2v) is 5.91. The van der Waals surface area contributed by atoms with Gasteiger partial charge in [0, 0.05) is 13.1 Å². The quantitative estimate of drug-likeness (QED) is 0.724. The molecular formula is C19H16ClN3O2. The number of benzene rings is 2. The number of carbonyl (C=O) groups is 1. The maximum absolute atomic E-state index is 11.3. The Kier molecular flexibility index (Phi) is 5.26. The van der Waals surface area contributed by atoms with Gasteiger partial charge in [-0.2, -0.15) is 0 Å². The Bertz CT molecular complexity index is 816. The lowest BCUT2D eigenvalue weighted by Crippen LogP contribution is -2.25. The SMILES string of the molecule is O=C(O)c1nc(N(Cc2ccccc2)Cc2ccccc2)ncc1Cl. The average molecular weight is 354 g/mol. The standard InChI is InChI=1S/C19H16ClN3O2/c20-16-11-21-19(22-17(16)18(24)25)23(12-14-7-3-1-4-8-14)13-15-9-5-2-6-10-15/h1-11H,12-13H2,(H,24,25). The molecule has 5 nitrogen and oxygen atoms in total. The van der Waals surface area contributed by atoms with Crippen molar-refractivity contribution in [2.24, 2.45) is 0 Å². The monoisotopic (exact) mass is 353 g/mol. The first-order chi connectivity index (χ1) is 12.1. The molecule has 0 saturated carbocycles. The zero-order valence-electron chi connectivity index (χ0n) is 13.3. The first kappa shape index (κ1) is 16.9. The van der Waals surface area contributed by atoms with Gasteiger partial charge in [-0.05, 0) is 11.1 Å². The molecule has 0 aliphatic rings. The third-order valence-electron chi connectivity index (χ3n) is 3.65. The summed E-state index contributed by atoms with van der Waals surface area (Å²) in [4.78, 5) is 21.6. The zero-order valence-corrected chi connectivity index (χ0v) is 14.1. The lowest BCUT2D eigenvalue weighted by molar-refractivity contribution is 0.0690. The Morgan fingerprint density at radius 2 is 1.48 bits per heavy atom. The maximum Gasteiger partial charge on any atom is 0.356 e. The van der Waals surface area contributed by atoms with Gasteiger partial charge in [0.15, 0.2) is 5.69 Å². The van der Waals surface area contributed by atoms with Crippen molar-refractivity contribution in [1.82, 2.24) is 9.97 Å². The van der Waals surface area contributed by atoms with Crippen LogP contribution in [0.25, 0.3) is 0 Å². The summed E-state index contributed by atoms with van der Waals surface area (Å²) in [6.07, 6.45) is 1.33. The minimum atomic E-state index is -1.17. The summed E-state index contributed by atoms with van der Waals surface area (Å²) in [5.41, 5.74) is 1.96. The number of carboxylic acids is 1. The first-order valence-electron chi connectivity index (χ1n) is 7.72. The molecule has 2 aromatic carbocycles. The Morgan fingerprint density at radius 1 is 0.960 bits per heavy atom. The Morgan fingerprint density at radius 3 is 1.96 bits per heavy atom. The number of hydrogen-bond donors (Lipinski definition) is 1. The van der Waals surface area contributed by atoms with Crippen LogP contribution < -0.4 is 4.90 Å². The van der Waals surface area contributed by atoms with E-state index in [0.29, 0.717) is 19.0 Å². The lowest BCUT2D eigenvalue weighted by Gasteiger charge is -2.23. The van der Waals surface area contributed by atoms with Crippen LogP contribution in [-0.4, -0.2) is 21.0 Å². The first-order valence-corrected chi connectivity index (χ1v) is 8.10. The van der Waals surface area contributed by atoms with Gasteiger partial charge in [-0.15, -0.1) is 0 Å². The summed E-state index contributed by atoms with van der Waals surface area (Å²) in [6, 6.07) is 19.8. The third-order valence-corrected chi connectivity index (χ3v) is 3.93. The van der Waals surface area contributed by atoms with Crippen molar-refractivity contribution in [3.63, 3.8) is 0 Å². The van der Waals surface area contributed by atoms with E-state index in [-0.39, 0.29) is 10.7 Å². The van der Waals surface area contributed by atoms with Crippen LogP contribution in [0.4, 0.5) is 5.95 Å². The molecule has 0 radical (unpaired) electrons. The van der Waals surface area contributed by atoms with Crippen molar-refractivity contribution in [3.05, 3.63) is 88.7 Å². The molecule has 126 valence electrons. The van der Waals surface area contributed by atoms with Gasteiger partial charge in [0.2, 0.25) is 5.95 Å². The molecule has 1 heterocycles. The molecule has 25 heavy (non-hydrogen) atoms. The summed E-state index contributed by atoms with van der Waals surface area (Å²) in [5.74, 6) is -0.845. The van der Waals surface area contributed by atoms with E-state index in [1.807, 2.05) is 65.6 Å². The molecule has 0 amide bonds. The van der Waals surface area contributed by atoms with Gasteiger partial charge < -0.3 is 10.0 Å². The summed E-state index contributed by atoms with van der Waals surface area (Å²) in [6.45, 7) is 1.10. The highest BCUT2D eigenvalue weighted by Gasteiger charge is 2.17. The number of aromatic nitrogens is 2. The average Bonchev–Trinajstić information content (AvgIpc) is 2.63. The largest absolute Gasteiger partial charge is 0.476 e. The number of carboxylic acid groups (broad SMARTS) is 1. The van der Waals surface area contributed by atoms with Gasteiger partial charge in [-0.25, -0.2) is 14.8 Å². The molecule has 0 fully saturated rings. The second kappa shape index (κ2) is 7.77. The predicted octanol–water partition coefficient (Wildman–Crippen LogP) is 4.04. The minimum absolute atomic E-state index is 0.0237. The van der Waals surface area contributed by atoms with Crippen molar-refractivity contribution in [2.75, 3.05) is 4.90 Å². The number of anilines is 1. The molecule has 1 aromatic heterocycles. The highest BCUT2D eigenvalue weighted by atomic mass is 35.5. The van der Waals surface area contributed by atoms with E-state index >= 15 is 0 Å². The van der Waals surface area contributed by atoms with E-state index < -0.39 is 5.97 Å². The summed E-state index contributed by atoms with van der Waals surface area (Å²) < 4.78 is 0. The van der Waals surface area contributed by atoms with Gasteiger partial charge in [-0.1, -0.05) is 72.3 Å². The van der Waals surface area contributed by atoms with Crippen LogP contribution >= 0.6 is 11.6 Å². The number of halogens is 1. The Balaban J connectivity index is 1.95. The van der Waals surface area contributed by atoms with Crippen molar-refractivity contribution >= 4 is 23.5 Å². The lowest BCUT2D eigenvalue weighted by atomic mass is 10.2. The highest BCUT2D eigenvalue weighted by molar-refractivity contribution is 6.33. The van der Waals surface area contributed by atoms with Crippen LogP contribution in [0, 0.1) is 0 Å². The van der Waals surface area contributed by atoms with Crippen LogP contribution in [0.3, 0.4) is 0 Å². The van der Waals surface area contributed by atoms with E-state index in [2.05, 4.69) is 9.97 Å². The Labute approximate surface area is 150 Å². The van der Waals surface area contributed by atoms with E-state index in [1.54, 1.807) is 0 Å². The topological polar surface area (TPSA) is 66.3 Å². The van der Waals surface area contributed by atoms with Crippen molar-refractivity contribution in [2.45, 2.75) is 13.1 Å². The van der Waals surface area contributed by atoms with Gasteiger partial charge in [0.05, 0.1) is 11.2 Å². The van der Waals surface area contributed by atoms with Crippen LogP contribution in [-0.2, 0) is 13.1 Å². The second-order valence-electron chi connectivity index (χ2n) is 5.50. The van der Waals surface area contributed by atoms with Crippen LogP contribution in [0.2, 0.25) is 5.02 Å². The van der Waals surface area contributed by atoms with Crippen LogP contribution in [0.15, 0.2) is 66.9 Å². The molecule has 0 unspecified atom stereocenters. The molecule has 3 aromatic rings. The maximum atomic E-state index is 11.3. The third kappa shape index (κ3) is 4.33. The molecule has 3 rings (SSSR count). The van der Waals surface area contributed by atoms with E-state index in [0.717, 1.165) is 11.1 Å². The molecule has 0 spiro atoms. The summed E-state index contributed by atoms with van der Waals surface area (Å²) >= 11 is 5.89. The van der Waals surface area contributed by atoms with E-state index in [1.165, 1.54) is 6.20 Å². The van der Waals surface area contributed by atoms with Crippen LogP contribution in [0.1, 0.15) is 21.6 Å². The highest BCUT2D eigenvalue weighted by Crippen LogP contribution is 2.20. The van der Waals surface area contributed by atoms with Gasteiger partial charge in [-0.3, -0.25) is 0 Å². The normalized spacial score (nSPS) is 10.4. The molecule has 0 aliphatic heterocycles. The molecule has 0 aliphatic carbocycles. The molecule has 0 atom stereocenters. The number of hydrogen-bond acceptors (Lipinski definition) is 4. The van der Waals surface area contributed by atoms with Crippen LogP contribution in [0.5, 0.6) is 0 Å². The zero-order chi connectivity index (χ0) is 17.6. The van der Waals surface area contributed by atoms with E-state index in [4.69, 9.17) is 11.6 Å². The Hall–Kier alpha value is -2.92. The van der Waals surface area contributed by atoms with Crippen molar-refractivity contribution < 1.29 is 9.90 Å². The fourth-order valence-electron chi connectivity index (χ4n) is 2.47.